The van der Waals surface area contributed by atoms with Gasteiger partial charge in [0.1, 0.15) is 5.52 Å². The maximum atomic E-state index is 14.2. The molecule has 0 aliphatic carbocycles. The maximum absolute atomic E-state index is 14.2. The zero-order valence-electron chi connectivity index (χ0n) is 31.0. The van der Waals surface area contributed by atoms with Crippen LogP contribution in [0, 0.1) is 11.8 Å². The number of aromatic nitrogens is 4. The minimum atomic E-state index is -0.372. The minimum absolute atomic E-state index is 0.0292. The average Bonchev–Trinajstić information content (AvgIpc) is 3.78. The Morgan fingerprint density at radius 3 is 2.37 bits per heavy atom. The fourth-order valence-corrected chi connectivity index (χ4v) is 7.21. The Balaban J connectivity index is 1.23. The number of unbranched alkanes of at least 4 members (excludes halogenated alkanes) is 11. The highest BCUT2D eigenvalue weighted by Crippen LogP contribution is 2.31. The van der Waals surface area contributed by atoms with E-state index in [4.69, 9.17) is 4.74 Å². The van der Waals surface area contributed by atoms with Crippen LogP contribution in [-0.2, 0) is 27.8 Å². The van der Waals surface area contributed by atoms with Crippen molar-refractivity contribution in [1.82, 2.24) is 24.4 Å². The van der Waals surface area contributed by atoms with Gasteiger partial charge in [-0.15, -0.1) is 0 Å². The summed E-state index contributed by atoms with van der Waals surface area (Å²) in [5, 5.41) is 3.35. The van der Waals surface area contributed by atoms with Gasteiger partial charge in [-0.2, -0.15) is 0 Å². The van der Waals surface area contributed by atoms with Crippen LogP contribution in [0.3, 0.4) is 0 Å². The Morgan fingerprint density at radius 1 is 0.961 bits per heavy atom. The van der Waals surface area contributed by atoms with Crippen LogP contribution in [0.15, 0.2) is 58.7 Å². The number of carbonyl (C=O) groups excluding carboxylic acids is 2. The van der Waals surface area contributed by atoms with Crippen molar-refractivity contribution in [2.75, 3.05) is 25.0 Å². The lowest BCUT2D eigenvalue weighted by Crippen LogP contribution is -2.45. The lowest BCUT2D eigenvalue weighted by molar-refractivity contribution is -0.148. The summed E-state index contributed by atoms with van der Waals surface area (Å²) < 4.78 is 8.59. The summed E-state index contributed by atoms with van der Waals surface area (Å²) in [6, 6.07) is 3.80. The van der Waals surface area contributed by atoms with Crippen LogP contribution in [0.4, 0.5) is 5.69 Å². The topological polar surface area (TPSA) is 115 Å². The molecule has 2 unspecified atom stereocenters. The van der Waals surface area contributed by atoms with E-state index in [-0.39, 0.29) is 30.3 Å². The number of fused-ring (bicyclic) bond motifs is 1. The molecule has 1 amide bonds. The number of nitrogens with one attached hydrogen (secondary N) is 1. The largest absolute Gasteiger partial charge is 0.465 e. The standard InChI is InChI=1S/C40H58BrN7O3/c1-4-6-7-8-9-10-11-12-13-14-15-16-17-18-19-20-36(49)51-29-31(27-32-28-42-30-47(32)3)33(5-2)39(50)48-26-25-45-40(48)46-34-21-22-35-38(37(34)41)44-24-23-43-35/h12-13,21-24,28,30-31,33H,4-11,14-20,25-27,29H2,1-3H3,(H,45,46)/b13-12-. The first-order chi connectivity index (χ1) is 24.9. The summed E-state index contributed by atoms with van der Waals surface area (Å²) in [5.74, 6) is -0.301. The van der Waals surface area contributed by atoms with E-state index in [1.54, 1.807) is 23.6 Å². The van der Waals surface area contributed by atoms with Crippen molar-refractivity contribution >= 4 is 50.5 Å². The van der Waals surface area contributed by atoms with Crippen LogP contribution in [0.25, 0.3) is 11.0 Å². The van der Waals surface area contributed by atoms with Gasteiger partial charge in [-0.25, -0.2) is 4.98 Å². The highest BCUT2D eigenvalue weighted by atomic mass is 79.9. The molecule has 0 bridgehead atoms. The first-order valence-corrected chi connectivity index (χ1v) is 20.0. The van der Waals surface area contributed by atoms with E-state index in [0.29, 0.717) is 38.3 Å². The van der Waals surface area contributed by atoms with E-state index in [9.17, 15) is 9.59 Å². The second kappa shape index (κ2) is 22.4. The van der Waals surface area contributed by atoms with Gasteiger partial charge in [-0.3, -0.25) is 29.4 Å². The SMILES string of the molecule is CCCCCCCC/C=C\CCCCCCCC(=O)OCC(Cc1cncn1C)C(CC)C(=O)N1CCN=C1Nc1ccc2nccnc2c1Br. The molecule has 1 aliphatic rings. The van der Waals surface area contributed by atoms with Gasteiger partial charge in [0.25, 0.3) is 0 Å². The van der Waals surface area contributed by atoms with Crippen LogP contribution in [-0.4, -0.2) is 62.0 Å². The molecule has 0 spiro atoms. The Bertz CT molecular complexity index is 1570. The second-order valence-corrected chi connectivity index (χ2v) is 14.5. The fraction of sp³-hybridized carbons (Fsp3) is 0.600. The number of aliphatic imine (C=N–C) groups is 1. The van der Waals surface area contributed by atoms with Gasteiger partial charge in [0.05, 0.1) is 35.2 Å². The number of amides is 1. The minimum Gasteiger partial charge on any atom is -0.465 e. The predicted octanol–water partition coefficient (Wildman–Crippen LogP) is 9.20. The fourth-order valence-electron chi connectivity index (χ4n) is 6.68. The molecule has 2 atom stereocenters. The molecule has 10 nitrogen and oxygen atoms in total. The zero-order valence-corrected chi connectivity index (χ0v) is 32.6. The molecule has 4 rings (SSSR count). The van der Waals surface area contributed by atoms with Crippen LogP contribution < -0.4 is 5.32 Å². The summed E-state index contributed by atoms with van der Waals surface area (Å²) >= 11 is 3.66. The van der Waals surface area contributed by atoms with Crippen molar-refractivity contribution in [2.45, 2.75) is 117 Å². The number of allylic oxidation sites excluding steroid dienone is 2. The first kappa shape index (κ1) is 40.2. The lowest BCUT2D eigenvalue weighted by atomic mass is 9.85. The maximum Gasteiger partial charge on any atom is 0.305 e. The molecule has 2 aromatic heterocycles. The van der Waals surface area contributed by atoms with Gasteiger partial charge in [-0.1, -0.05) is 77.4 Å². The van der Waals surface area contributed by atoms with Gasteiger partial charge in [0, 0.05) is 56.1 Å². The van der Waals surface area contributed by atoms with Crippen molar-refractivity contribution in [3.63, 3.8) is 0 Å². The molecule has 0 saturated carbocycles. The number of anilines is 1. The molecule has 51 heavy (non-hydrogen) atoms. The monoisotopic (exact) mass is 763 g/mol. The van der Waals surface area contributed by atoms with Crippen molar-refractivity contribution < 1.29 is 14.3 Å². The van der Waals surface area contributed by atoms with Gasteiger partial charge in [0.15, 0.2) is 0 Å². The summed E-state index contributed by atoms with van der Waals surface area (Å²) in [4.78, 5) is 46.6. The Labute approximate surface area is 313 Å². The molecular formula is C40H58BrN7O3. The molecule has 0 saturated heterocycles. The zero-order chi connectivity index (χ0) is 36.3. The Hall–Kier alpha value is -3.60. The number of ether oxygens (including phenoxy) is 1. The van der Waals surface area contributed by atoms with Gasteiger partial charge in [-0.05, 0) is 73.0 Å². The number of benzene rings is 1. The molecule has 0 fully saturated rings. The number of nitrogens with zero attached hydrogens (tertiary/aromatic N) is 6. The molecule has 1 aliphatic heterocycles. The van der Waals surface area contributed by atoms with Crippen molar-refractivity contribution in [1.29, 1.82) is 0 Å². The average molecular weight is 765 g/mol. The number of carbonyl (C=O) groups is 2. The normalized spacial score (nSPS) is 14.3. The van der Waals surface area contributed by atoms with Gasteiger partial charge >= 0.3 is 5.97 Å². The second-order valence-electron chi connectivity index (χ2n) is 13.7. The number of rotatable bonds is 23. The van der Waals surface area contributed by atoms with Crippen LogP contribution in [0.1, 0.15) is 116 Å². The first-order valence-electron chi connectivity index (χ1n) is 19.2. The number of hydrogen-bond donors (Lipinski definition) is 1. The predicted molar refractivity (Wildman–Crippen MR) is 209 cm³/mol. The highest BCUT2D eigenvalue weighted by molar-refractivity contribution is 9.10. The molecule has 3 aromatic rings. The van der Waals surface area contributed by atoms with Gasteiger partial charge < -0.3 is 14.6 Å². The third-order valence-electron chi connectivity index (χ3n) is 9.75. The van der Waals surface area contributed by atoms with Crippen molar-refractivity contribution in [3.05, 3.63) is 59.4 Å². The summed E-state index contributed by atoms with van der Waals surface area (Å²) in [5.41, 5.74) is 3.25. The van der Waals surface area contributed by atoms with Crippen molar-refractivity contribution in [3.8, 4) is 0 Å². The summed E-state index contributed by atoms with van der Waals surface area (Å²) in [6.45, 7) is 5.45. The quantitative estimate of drug-likeness (QED) is 0.0582. The third-order valence-corrected chi connectivity index (χ3v) is 10.5. The number of guanidine groups is 1. The molecular weight excluding hydrogens is 706 g/mol. The number of aryl methyl sites for hydroxylation is 1. The molecule has 11 heteroatoms. The number of hydrogen-bond acceptors (Lipinski definition) is 8. The summed E-state index contributed by atoms with van der Waals surface area (Å²) in [6.07, 6.45) is 29.0. The van der Waals surface area contributed by atoms with E-state index in [0.717, 1.165) is 52.6 Å². The summed E-state index contributed by atoms with van der Waals surface area (Å²) in [7, 11) is 1.95. The van der Waals surface area contributed by atoms with Crippen molar-refractivity contribution in [2.24, 2.45) is 23.9 Å². The van der Waals surface area contributed by atoms with Crippen LogP contribution in [0.2, 0.25) is 0 Å². The molecule has 0 radical (unpaired) electrons. The van der Waals surface area contributed by atoms with E-state index >= 15 is 0 Å². The molecule has 1 N–H and O–H groups in total. The van der Waals surface area contributed by atoms with E-state index in [1.165, 1.54) is 57.8 Å². The number of imidazole rings is 1. The Morgan fingerprint density at radius 2 is 1.67 bits per heavy atom. The Kier molecular flexibility index (Phi) is 17.6. The van der Waals surface area contributed by atoms with Crippen LogP contribution in [0.5, 0.6) is 0 Å². The smallest absolute Gasteiger partial charge is 0.305 e. The molecule has 1 aromatic carbocycles. The van der Waals surface area contributed by atoms with Gasteiger partial charge in [0.2, 0.25) is 11.9 Å². The van der Waals surface area contributed by atoms with E-state index in [2.05, 4.69) is 60.3 Å². The molecule has 3 heterocycles. The van der Waals surface area contributed by atoms with E-state index in [1.807, 2.05) is 36.9 Å². The number of halogens is 1. The number of esters is 1. The lowest BCUT2D eigenvalue weighted by Gasteiger charge is -2.30. The molecule has 278 valence electrons. The van der Waals surface area contributed by atoms with Crippen LogP contribution >= 0.6 is 15.9 Å². The highest BCUT2D eigenvalue weighted by Gasteiger charge is 2.35. The van der Waals surface area contributed by atoms with E-state index < -0.39 is 0 Å². The third kappa shape index (κ3) is 12.8.